The van der Waals surface area contributed by atoms with Crippen molar-refractivity contribution in [2.45, 2.75) is 179 Å². The number of likely N-dealkylation sites (N-methyl/N-ethyl adjacent to an activating group) is 1. The molecule has 4 bridgehead atoms. The van der Waals surface area contributed by atoms with E-state index in [1.807, 2.05) is 6.92 Å². The van der Waals surface area contributed by atoms with Gasteiger partial charge in [0.25, 0.3) is 5.91 Å². The molecule has 508 valence electrons. The van der Waals surface area contributed by atoms with Crippen molar-refractivity contribution in [3.8, 4) is 5.75 Å². The lowest BCUT2D eigenvalue weighted by Gasteiger charge is -2.42. The molecule has 92 heavy (non-hydrogen) atoms. The normalized spacial score (nSPS) is 23.7. The van der Waals surface area contributed by atoms with Crippen LogP contribution in [0.25, 0.3) is 0 Å². The third-order valence-corrected chi connectivity index (χ3v) is 17.5. The van der Waals surface area contributed by atoms with Crippen molar-refractivity contribution in [1.29, 1.82) is 0 Å². The maximum Gasteiger partial charge on any atom is 0.417 e. The molecule has 0 aromatic heterocycles. The number of alkyl halides is 4. The minimum atomic E-state index is -5.25. The summed E-state index contributed by atoms with van der Waals surface area (Å²) in [7, 11) is 5.26. The lowest BCUT2D eigenvalue weighted by Crippen LogP contribution is -2.63. The second-order valence-electron chi connectivity index (χ2n) is 24.4. The number of halogens is 5. The molecule has 24 nitrogen and oxygen atoms in total. The number of nitrogens with one attached hydrogen (secondary N) is 5. The number of esters is 2. The fraction of sp³-hybridized carbons (Fsp3) is 0.571. The van der Waals surface area contributed by atoms with E-state index in [9.17, 15) is 48.3 Å². The Balaban J connectivity index is 1.38. The number of nitrogens with two attached hydrogens (primary N) is 1. The molecule has 8 amide bonds. The summed E-state index contributed by atoms with van der Waals surface area (Å²) in [4.78, 5) is 123. The molecule has 2 fully saturated rings. The predicted octanol–water partition coefficient (Wildman–Crippen LogP) is 7.69. The Morgan fingerprint density at radius 3 is 2.34 bits per heavy atom. The van der Waals surface area contributed by atoms with Crippen LogP contribution in [0.5, 0.6) is 5.75 Å². The van der Waals surface area contributed by atoms with Crippen LogP contribution in [0.1, 0.15) is 128 Å². The van der Waals surface area contributed by atoms with Crippen molar-refractivity contribution >= 4 is 92.5 Å². The Morgan fingerprint density at radius 1 is 1.03 bits per heavy atom. The van der Waals surface area contributed by atoms with Crippen molar-refractivity contribution in [2.24, 2.45) is 17.6 Å². The van der Waals surface area contributed by atoms with Gasteiger partial charge in [-0.1, -0.05) is 78.7 Å². The number of nitrogens with zero attached hydrogens (tertiary/aromatic N) is 2. The van der Waals surface area contributed by atoms with E-state index in [1.165, 1.54) is 33.1 Å². The Hall–Kier alpha value is -7.27. The summed E-state index contributed by atoms with van der Waals surface area (Å²) in [6, 6.07) is 0.485. The number of alkyl carbamates (subject to hydrolysis) is 1. The van der Waals surface area contributed by atoms with E-state index >= 15 is 13.2 Å². The first-order chi connectivity index (χ1) is 42.9. The van der Waals surface area contributed by atoms with Gasteiger partial charge in [0, 0.05) is 63.1 Å². The van der Waals surface area contributed by atoms with Crippen LogP contribution >= 0.6 is 27.5 Å². The number of primary amides is 1. The molecule has 0 radical (unpaired) electrons. The first kappa shape index (κ1) is 75.4. The van der Waals surface area contributed by atoms with Gasteiger partial charge in [0.05, 0.1) is 36.4 Å². The number of urea groups is 1. The fourth-order valence-electron chi connectivity index (χ4n) is 10.7. The molecule has 2 aromatic rings. The van der Waals surface area contributed by atoms with Gasteiger partial charge in [-0.05, 0) is 115 Å². The van der Waals surface area contributed by atoms with E-state index < -0.39 is 154 Å². The van der Waals surface area contributed by atoms with E-state index in [4.69, 9.17) is 45.8 Å². The first-order valence-electron chi connectivity index (χ1n) is 29.9. The lowest BCUT2D eigenvalue weighted by molar-refractivity contribution is -0.158. The van der Waals surface area contributed by atoms with E-state index in [-0.39, 0.29) is 59.6 Å². The molecule has 8 N–H and O–H groups in total. The fourth-order valence-corrected chi connectivity index (χ4v) is 11.3. The van der Waals surface area contributed by atoms with Gasteiger partial charge in [0.15, 0.2) is 5.72 Å². The van der Waals surface area contributed by atoms with Gasteiger partial charge in [-0.15, -0.1) is 0 Å². The number of hydrogen-bond donors (Lipinski definition) is 7. The molecule has 0 spiro atoms. The van der Waals surface area contributed by atoms with Crippen LogP contribution in [-0.4, -0.2) is 163 Å². The number of aliphatic hydroxyl groups is 1. The third kappa shape index (κ3) is 19.9. The highest BCUT2D eigenvalue weighted by molar-refractivity contribution is 9.09. The number of epoxide rings is 1. The van der Waals surface area contributed by atoms with Gasteiger partial charge >= 0.3 is 30.2 Å². The van der Waals surface area contributed by atoms with Crippen molar-refractivity contribution in [3.63, 3.8) is 0 Å². The molecule has 3 aliphatic heterocycles. The third-order valence-electron chi connectivity index (χ3n) is 16.4. The smallest absolute Gasteiger partial charge is 0.417 e. The topological polar surface area (TPSA) is 325 Å². The highest BCUT2D eigenvalue weighted by Gasteiger charge is 2.64. The molecule has 0 aliphatic carbocycles. The van der Waals surface area contributed by atoms with Crippen LogP contribution in [0.4, 0.5) is 34.1 Å². The molecular formula is C63H85BrClF3N8O16. The Labute approximate surface area is 546 Å². The zero-order chi connectivity index (χ0) is 69.0. The largest absolute Gasteiger partial charge is 0.495 e. The predicted molar refractivity (Wildman–Crippen MR) is 337 cm³/mol. The van der Waals surface area contributed by atoms with Crippen molar-refractivity contribution in [3.05, 3.63) is 88.0 Å². The van der Waals surface area contributed by atoms with Crippen LogP contribution in [0.3, 0.4) is 0 Å². The molecule has 29 heteroatoms. The number of unbranched alkanes of at least 4 members (excludes halogenated alkanes) is 1. The number of anilines is 2. The SMILES string of the molecule is C=C(CBr)C(=O)OC(C)(C)CCCCC(=O)N[C@H](C(=O)N[C@@H](CCCNC(N)=O)C(=O)Nc1ccc(C(=O)N(C)[C@@H](C)C(=O)O[C@H]2CC(=O)N(C)c3cc(cc(OC)c3Cl)C/C(C)=C/C=C/[C@@H](OC)[C@@]3(O)C[C@H](OC(=O)N3)[C@@H](C)[C@@H]3O[C@@]23C)c(C(F)(F)F)c1)C(C)C. The Bertz CT molecular complexity index is 3170. The number of fused-ring (bicyclic) bond motifs is 5. The van der Waals surface area contributed by atoms with Gasteiger partial charge in [0.1, 0.15) is 58.4 Å². The number of rotatable bonds is 24. The van der Waals surface area contributed by atoms with Gasteiger partial charge in [0.2, 0.25) is 23.6 Å². The molecule has 2 saturated heterocycles. The van der Waals surface area contributed by atoms with Crippen LogP contribution < -0.4 is 42.0 Å². The number of hydrogen-bond acceptors (Lipinski definition) is 16. The molecule has 3 heterocycles. The lowest BCUT2D eigenvalue weighted by atomic mass is 9.83. The van der Waals surface area contributed by atoms with Crippen molar-refractivity contribution < 1.29 is 89.8 Å². The van der Waals surface area contributed by atoms with Gasteiger partial charge in [-0.3, -0.25) is 29.3 Å². The summed E-state index contributed by atoms with van der Waals surface area (Å²) in [6.45, 7) is 16.6. The summed E-state index contributed by atoms with van der Waals surface area (Å²) in [5.41, 5.74) is -0.148. The molecular weight excluding hydrogens is 1300 g/mol. The average Bonchev–Trinajstić information content (AvgIpc) is 1.56. The number of allylic oxidation sites excluding steroid dienone is 3. The van der Waals surface area contributed by atoms with Crippen molar-refractivity contribution in [1.82, 2.24) is 26.2 Å². The highest BCUT2D eigenvalue weighted by atomic mass is 79.9. The quantitative estimate of drug-likeness (QED) is 0.0132. The zero-order valence-corrected chi connectivity index (χ0v) is 56.1. The van der Waals surface area contributed by atoms with Gasteiger partial charge < -0.3 is 70.3 Å². The van der Waals surface area contributed by atoms with Crippen LogP contribution in [0.15, 0.2) is 66.3 Å². The number of amides is 8. The standard InChI is InChI=1S/C63H85BrClF3N8O16/c1-33(2)51(73-48(77)21-14-15-24-60(7,8)92-56(82)35(4)32-64)54(80)72-42(19-17-25-70-58(69)84)53(79)71-39-22-23-40(41(29-39)63(66,67)68)55(81)75(10)37(6)57(83)90-47-30-49(78)76(11)43-27-38(28-44(87-12)50(43)65)26-34(3)18-16-20-46(88-13)62(86)31-45(89-59(85)74-62)36(5)52-61(47,9)91-52/h16,18,20,22-23,27-29,33,36-37,42,45-47,51-52,86H,4,14-15,17,19,21,24-26,30-32H2,1-3,5-13H3,(H,71,79)(H,72,80)(H,73,77)(H,74,85)(H3,69,70,84)/b20-16+,34-18+/t36-,37+,42+,45+,46-,47+,51+,52+,61+,62+/m1/s1. The molecule has 0 saturated carbocycles. The zero-order valence-electron chi connectivity index (χ0n) is 53.7. The number of carbonyl (C=O) groups excluding carboxylic acids is 9. The van der Waals surface area contributed by atoms with Crippen LogP contribution in [0.2, 0.25) is 5.02 Å². The number of methoxy groups -OCH3 is 2. The van der Waals surface area contributed by atoms with E-state index in [2.05, 4.69) is 49.1 Å². The highest BCUT2D eigenvalue weighted by Crippen LogP contribution is 2.49. The summed E-state index contributed by atoms with van der Waals surface area (Å²) in [5.74, 6) is -7.06. The molecule has 2 aromatic carbocycles. The Morgan fingerprint density at radius 2 is 1.72 bits per heavy atom. The Kier molecular flexibility index (Phi) is 26.3. The summed E-state index contributed by atoms with van der Waals surface area (Å²) in [5, 5.41) is 24.7. The van der Waals surface area contributed by atoms with Crippen LogP contribution in [0, 0.1) is 11.8 Å². The maximum atomic E-state index is 15.1. The van der Waals surface area contributed by atoms with Gasteiger partial charge in [-0.25, -0.2) is 19.2 Å². The average molecular weight is 1380 g/mol. The molecule has 5 rings (SSSR count). The second kappa shape index (κ2) is 32.0. The number of ether oxygens (including phenoxy) is 6. The monoisotopic (exact) mass is 1380 g/mol. The van der Waals surface area contributed by atoms with E-state index in [0.717, 1.165) is 24.8 Å². The molecule has 0 unspecified atom stereocenters. The second-order valence-corrected chi connectivity index (χ2v) is 25.4. The minimum Gasteiger partial charge on any atom is -0.495 e. The number of benzene rings is 2. The summed E-state index contributed by atoms with van der Waals surface area (Å²) in [6.07, 6.45) is -5.15. The summed E-state index contributed by atoms with van der Waals surface area (Å²) < 4.78 is 80.2. The van der Waals surface area contributed by atoms with Crippen LogP contribution in [-0.2, 0) is 65.0 Å². The molecule has 10 atom stereocenters. The molecule has 3 aliphatic rings. The summed E-state index contributed by atoms with van der Waals surface area (Å²) >= 11 is 9.99. The van der Waals surface area contributed by atoms with Gasteiger partial charge in [-0.2, -0.15) is 13.2 Å². The van der Waals surface area contributed by atoms with E-state index in [0.29, 0.717) is 42.2 Å². The number of carbonyl (C=O) groups is 9. The van der Waals surface area contributed by atoms with Crippen molar-refractivity contribution in [2.75, 3.05) is 50.4 Å². The maximum absolute atomic E-state index is 15.1. The van der Waals surface area contributed by atoms with E-state index in [1.54, 1.807) is 71.9 Å². The first-order valence-corrected chi connectivity index (χ1v) is 31.4. The minimum absolute atomic E-state index is 0.0165.